The molecule has 0 aromatic heterocycles. The van der Waals surface area contributed by atoms with Crippen LogP contribution in [-0.4, -0.2) is 23.9 Å². The number of para-hydroxylation sites is 2. The Balaban J connectivity index is 2.52. The summed E-state index contributed by atoms with van der Waals surface area (Å²) >= 11 is 0. The van der Waals surface area contributed by atoms with Gasteiger partial charge in [0, 0.05) is 6.42 Å². The van der Waals surface area contributed by atoms with E-state index in [-0.39, 0.29) is 0 Å². The maximum Gasteiger partial charge on any atom is 0.161 e. The molecule has 3 heteroatoms. The molecule has 0 heterocycles. The standard InChI is InChI=1S/C13H20O3/c1-4-15-11-7-5-6-8-12(11)16-10-9-13(2,3)14/h5-8,14H,4,9-10H2,1-3H3. The third-order valence-electron chi connectivity index (χ3n) is 2.12. The molecule has 0 saturated heterocycles. The van der Waals surface area contributed by atoms with Crippen LogP contribution >= 0.6 is 0 Å². The highest BCUT2D eigenvalue weighted by Gasteiger charge is 2.12. The molecule has 0 aliphatic rings. The normalized spacial score (nSPS) is 11.2. The molecule has 0 radical (unpaired) electrons. The molecule has 1 N–H and O–H groups in total. The molecule has 1 aromatic carbocycles. The van der Waals surface area contributed by atoms with Gasteiger partial charge in [0.15, 0.2) is 11.5 Å². The van der Waals surface area contributed by atoms with E-state index >= 15 is 0 Å². The van der Waals surface area contributed by atoms with Gasteiger partial charge >= 0.3 is 0 Å². The second-order valence-electron chi connectivity index (χ2n) is 4.29. The number of ether oxygens (including phenoxy) is 2. The summed E-state index contributed by atoms with van der Waals surface area (Å²) in [7, 11) is 0. The monoisotopic (exact) mass is 224 g/mol. The van der Waals surface area contributed by atoms with Gasteiger partial charge in [-0.1, -0.05) is 12.1 Å². The van der Waals surface area contributed by atoms with Crippen molar-refractivity contribution in [2.24, 2.45) is 0 Å². The van der Waals surface area contributed by atoms with E-state index in [1.807, 2.05) is 31.2 Å². The maximum atomic E-state index is 9.56. The molecule has 0 bridgehead atoms. The fraction of sp³-hybridized carbons (Fsp3) is 0.538. The van der Waals surface area contributed by atoms with Crippen LogP contribution in [0, 0.1) is 0 Å². The minimum atomic E-state index is -0.694. The first-order valence-corrected chi connectivity index (χ1v) is 5.60. The third kappa shape index (κ3) is 4.53. The number of benzene rings is 1. The molecular formula is C13H20O3. The number of rotatable bonds is 6. The summed E-state index contributed by atoms with van der Waals surface area (Å²) in [5.41, 5.74) is -0.694. The molecule has 0 saturated carbocycles. The van der Waals surface area contributed by atoms with Gasteiger partial charge in [-0.15, -0.1) is 0 Å². The van der Waals surface area contributed by atoms with Crippen LogP contribution in [0.15, 0.2) is 24.3 Å². The van der Waals surface area contributed by atoms with Crippen LogP contribution in [-0.2, 0) is 0 Å². The van der Waals surface area contributed by atoms with Crippen LogP contribution in [0.25, 0.3) is 0 Å². The quantitative estimate of drug-likeness (QED) is 0.807. The molecule has 1 aromatic rings. The fourth-order valence-corrected chi connectivity index (χ4v) is 1.25. The van der Waals surface area contributed by atoms with Crippen molar-refractivity contribution in [3.63, 3.8) is 0 Å². The molecule has 16 heavy (non-hydrogen) atoms. The zero-order valence-corrected chi connectivity index (χ0v) is 10.2. The number of hydrogen-bond donors (Lipinski definition) is 1. The van der Waals surface area contributed by atoms with Crippen molar-refractivity contribution >= 4 is 0 Å². The first-order chi connectivity index (χ1) is 7.53. The second kappa shape index (κ2) is 5.75. The average molecular weight is 224 g/mol. The molecule has 1 rings (SSSR count). The summed E-state index contributed by atoms with van der Waals surface area (Å²) in [6, 6.07) is 7.56. The summed E-state index contributed by atoms with van der Waals surface area (Å²) < 4.78 is 11.0. The van der Waals surface area contributed by atoms with E-state index in [9.17, 15) is 5.11 Å². The van der Waals surface area contributed by atoms with Crippen molar-refractivity contribution in [1.29, 1.82) is 0 Å². The van der Waals surface area contributed by atoms with Crippen LogP contribution in [0.2, 0.25) is 0 Å². The minimum Gasteiger partial charge on any atom is -0.490 e. The molecule has 3 nitrogen and oxygen atoms in total. The lowest BCUT2D eigenvalue weighted by Crippen LogP contribution is -2.21. The van der Waals surface area contributed by atoms with Gasteiger partial charge in [-0.2, -0.15) is 0 Å². The summed E-state index contributed by atoms with van der Waals surface area (Å²) in [5, 5.41) is 9.56. The van der Waals surface area contributed by atoms with Gasteiger partial charge in [0.25, 0.3) is 0 Å². The van der Waals surface area contributed by atoms with Crippen molar-refractivity contribution in [3.8, 4) is 11.5 Å². The van der Waals surface area contributed by atoms with Gasteiger partial charge in [0.05, 0.1) is 18.8 Å². The van der Waals surface area contributed by atoms with Gasteiger partial charge < -0.3 is 14.6 Å². The number of aliphatic hydroxyl groups is 1. The van der Waals surface area contributed by atoms with Gasteiger partial charge in [0.1, 0.15) is 0 Å². The topological polar surface area (TPSA) is 38.7 Å². The molecule has 0 aliphatic heterocycles. The van der Waals surface area contributed by atoms with Crippen LogP contribution in [0.3, 0.4) is 0 Å². The van der Waals surface area contributed by atoms with Crippen LogP contribution in [0.4, 0.5) is 0 Å². The zero-order chi connectivity index (χ0) is 12.0. The van der Waals surface area contributed by atoms with E-state index in [0.717, 1.165) is 11.5 Å². The Morgan fingerprint density at radius 3 is 2.19 bits per heavy atom. The van der Waals surface area contributed by atoms with Crippen LogP contribution in [0.5, 0.6) is 11.5 Å². The second-order valence-corrected chi connectivity index (χ2v) is 4.29. The van der Waals surface area contributed by atoms with E-state index in [1.54, 1.807) is 13.8 Å². The highest BCUT2D eigenvalue weighted by Crippen LogP contribution is 2.26. The lowest BCUT2D eigenvalue weighted by molar-refractivity contribution is 0.0548. The third-order valence-corrected chi connectivity index (χ3v) is 2.12. The van der Waals surface area contributed by atoms with Gasteiger partial charge in [-0.05, 0) is 32.9 Å². The largest absolute Gasteiger partial charge is 0.490 e. The highest BCUT2D eigenvalue weighted by atomic mass is 16.5. The SMILES string of the molecule is CCOc1ccccc1OCCC(C)(C)O. The number of hydrogen-bond acceptors (Lipinski definition) is 3. The Kier molecular flexibility index (Phi) is 4.62. The minimum absolute atomic E-state index is 0.480. The highest BCUT2D eigenvalue weighted by molar-refractivity contribution is 5.39. The van der Waals surface area contributed by atoms with Crippen LogP contribution in [0.1, 0.15) is 27.2 Å². The smallest absolute Gasteiger partial charge is 0.161 e. The van der Waals surface area contributed by atoms with Gasteiger partial charge in [-0.3, -0.25) is 0 Å². The molecule has 0 aliphatic carbocycles. The Morgan fingerprint density at radius 1 is 1.12 bits per heavy atom. The molecule has 0 atom stereocenters. The summed E-state index contributed by atoms with van der Waals surface area (Å²) in [5.74, 6) is 1.48. The maximum absolute atomic E-state index is 9.56. The first-order valence-electron chi connectivity index (χ1n) is 5.60. The van der Waals surface area contributed by atoms with Crippen molar-refractivity contribution < 1.29 is 14.6 Å². The van der Waals surface area contributed by atoms with Crippen molar-refractivity contribution in [2.75, 3.05) is 13.2 Å². The Bertz CT molecular complexity index is 315. The summed E-state index contributed by atoms with van der Waals surface area (Å²) in [6.07, 6.45) is 0.591. The Labute approximate surface area is 97.0 Å². The summed E-state index contributed by atoms with van der Waals surface area (Å²) in [4.78, 5) is 0. The lowest BCUT2D eigenvalue weighted by Gasteiger charge is -2.18. The summed E-state index contributed by atoms with van der Waals surface area (Å²) in [6.45, 7) is 6.57. The van der Waals surface area contributed by atoms with Crippen molar-refractivity contribution in [1.82, 2.24) is 0 Å². The van der Waals surface area contributed by atoms with E-state index in [2.05, 4.69) is 0 Å². The molecule has 0 unspecified atom stereocenters. The van der Waals surface area contributed by atoms with E-state index in [4.69, 9.17) is 9.47 Å². The zero-order valence-electron chi connectivity index (χ0n) is 10.2. The predicted molar refractivity (Wildman–Crippen MR) is 64.0 cm³/mol. The van der Waals surface area contributed by atoms with Gasteiger partial charge in [0.2, 0.25) is 0 Å². The molecule has 0 amide bonds. The lowest BCUT2D eigenvalue weighted by atomic mass is 10.1. The van der Waals surface area contributed by atoms with E-state index in [0.29, 0.717) is 19.6 Å². The Hall–Kier alpha value is -1.22. The van der Waals surface area contributed by atoms with Crippen LogP contribution < -0.4 is 9.47 Å². The first kappa shape index (κ1) is 12.8. The van der Waals surface area contributed by atoms with Crippen molar-refractivity contribution in [3.05, 3.63) is 24.3 Å². The Morgan fingerprint density at radius 2 is 1.69 bits per heavy atom. The van der Waals surface area contributed by atoms with Gasteiger partial charge in [-0.25, -0.2) is 0 Å². The molecule has 0 spiro atoms. The fourth-order valence-electron chi connectivity index (χ4n) is 1.25. The molecule has 0 fully saturated rings. The van der Waals surface area contributed by atoms with E-state index < -0.39 is 5.60 Å². The molecular weight excluding hydrogens is 204 g/mol. The van der Waals surface area contributed by atoms with Crippen molar-refractivity contribution in [2.45, 2.75) is 32.8 Å². The average Bonchev–Trinajstić information content (AvgIpc) is 2.19. The predicted octanol–water partition coefficient (Wildman–Crippen LogP) is 2.63. The van der Waals surface area contributed by atoms with E-state index in [1.165, 1.54) is 0 Å². The molecule has 90 valence electrons.